The molecule has 1 aromatic heterocycles. The summed E-state index contributed by atoms with van der Waals surface area (Å²) in [6.45, 7) is 1.73. The molecule has 2 heterocycles. The summed E-state index contributed by atoms with van der Waals surface area (Å²) in [4.78, 5) is 16.3. The molecule has 0 atom stereocenters. The van der Waals surface area contributed by atoms with Crippen LogP contribution in [0.4, 0.5) is 8.78 Å². The SMILES string of the molecule is Cc1nn(-c2ccccc2)c(Cl)c1C=C1N=C(c2cc(F)c(F)cc2Cl)OC1=O. The molecule has 0 fully saturated rings. The monoisotopic (exact) mass is 433 g/mol. The van der Waals surface area contributed by atoms with E-state index in [1.54, 1.807) is 6.92 Å². The molecule has 0 radical (unpaired) electrons. The van der Waals surface area contributed by atoms with Crippen LogP contribution in [0.3, 0.4) is 0 Å². The van der Waals surface area contributed by atoms with Crippen LogP contribution in [-0.2, 0) is 9.53 Å². The summed E-state index contributed by atoms with van der Waals surface area (Å²) in [5.74, 6) is -3.25. The molecule has 0 bridgehead atoms. The number of benzene rings is 2. The van der Waals surface area contributed by atoms with Crippen molar-refractivity contribution < 1.29 is 18.3 Å². The van der Waals surface area contributed by atoms with Gasteiger partial charge < -0.3 is 4.74 Å². The Balaban J connectivity index is 1.75. The van der Waals surface area contributed by atoms with Gasteiger partial charge in [0.1, 0.15) is 5.15 Å². The van der Waals surface area contributed by atoms with E-state index in [9.17, 15) is 13.6 Å². The second-order valence-electron chi connectivity index (χ2n) is 6.12. The molecule has 0 unspecified atom stereocenters. The molecule has 29 heavy (non-hydrogen) atoms. The summed E-state index contributed by atoms with van der Waals surface area (Å²) in [7, 11) is 0. The first-order chi connectivity index (χ1) is 13.8. The molecule has 146 valence electrons. The summed E-state index contributed by atoms with van der Waals surface area (Å²) < 4.78 is 33.4. The minimum atomic E-state index is -1.14. The van der Waals surface area contributed by atoms with Crippen molar-refractivity contribution in [1.29, 1.82) is 0 Å². The van der Waals surface area contributed by atoms with Crippen LogP contribution < -0.4 is 0 Å². The van der Waals surface area contributed by atoms with Gasteiger partial charge in [0.25, 0.3) is 0 Å². The van der Waals surface area contributed by atoms with E-state index in [2.05, 4.69) is 10.1 Å². The molecule has 4 rings (SSSR count). The Bertz CT molecular complexity index is 1200. The number of hydrogen-bond acceptors (Lipinski definition) is 4. The molecule has 0 N–H and O–H groups in total. The van der Waals surface area contributed by atoms with Crippen molar-refractivity contribution in [2.24, 2.45) is 4.99 Å². The van der Waals surface area contributed by atoms with Gasteiger partial charge in [-0.1, -0.05) is 41.4 Å². The van der Waals surface area contributed by atoms with Crippen molar-refractivity contribution in [3.8, 4) is 5.69 Å². The standard InChI is InChI=1S/C20H11Cl2F2N3O2/c1-10-12(18(22)27(26-10)11-5-3-2-4-6-11)8-17-20(28)29-19(25-17)13-7-15(23)16(24)9-14(13)21/h2-9H,1H3. The maximum Gasteiger partial charge on any atom is 0.363 e. The number of aliphatic imine (C=N–C) groups is 1. The zero-order chi connectivity index (χ0) is 20.7. The summed E-state index contributed by atoms with van der Waals surface area (Å²) in [5.41, 5.74) is 1.68. The number of hydrogen-bond donors (Lipinski definition) is 0. The van der Waals surface area contributed by atoms with E-state index in [0.29, 0.717) is 11.3 Å². The van der Waals surface area contributed by atoms with Crippen LogP contribution in [0, 0.1) is 18.6 Å². The third-order valence-corrected chi connectivity index (χ3v) is 4.87. The van der Waals surface area contributed by atoms with Crippen LogP contribution in [0.15, 0.2) is 53.2 Å². The highest BCUT2D eigenvalue weighted by molar-refractivity contribution is 6.34. The predicted octanol–water partition coefficient (Wildman–Crippen LogP) is 5.11. The molecule has 1 aliphatic rings. The second-order valence-corrected chi connectivity index (χ2v) is 6.88. The lowest BCUT2D eigenvalue weighted by Gasteiger charge is -2.03. The normalized spacial score (nSPS) is 15.0. The summed E-state index contributed by atoms with van der Waals surface area (Å²) >= 11 is 12.4. The Labute approximate surface area is 173 Å². The van der Waals surface area contributed by atoms with Crippen LogP contribution in [-0.4, -0.2) is 21.6 Å². The van der Waals surface area contributed by atoms with E-state index < -0.39 is 17.6 Å². The number of aromatic nitrogens is 2. The number of nitrogens with zero attached hydrogens (tertiary/aromatic N) is 3. The van der Waals surface area contributed by atoms with Gasteiger partial charge in [0.05, 0.1) is 22.0 Å². The zero-order valence-corrected chi connectivity index (χ0v) is 16.3. The summed E-state index contributed by atoms with van der Waals surface area (Å²) in [6, 6.07) is 10.8. The zero-order valence-electron chi connectivity index (χ0n) is 14.8. The highest BCUT2D eigenvalue weighted by atomic mass is 35.5. The van der Waals surface area contributed by atoms with Crippen molar-refractivity contribution in [2.75, 3.05) is 0 Å². The quantitative estimate of drug-likeness (QED) is 0.327. The fourth-order valence-electron chi connectivity index (χ4n) is 2.76. The number of cyclic esters (lactones) is 1. The summed E-state index contributed by atoms with van der Waals surface area (Å²) in [5, 5.41) is 4.53. The van der Waals surface area contributed by atoms with Crippen molar-refractivity contribution in [3.63, 3.8) is 0 Å². The second kappa shape index (κ2) is 7.42. The van der Waals surface area contributed by atoms with Crippen molar-refractivity contribution in [1.82, 2.24) is 9.78 Å². The number of carbonyl (C=O) groups is 1. The first-order valence-corrected chi connectivity index (χ1v) is 9.08. The van der Waals surface area contributed by atoms with E-state index in [1.165, 1.54) is 10.8 Å². The fraction of sp³-hybridized carbons (Fsp3) is 0.0500. The number of halogens is 4. The number of ether oxygens (including phenoxy) is 1. The lowest BCUT2D eigenvalue weighted by Crippen LogP contribution is -2.07. The Hall–Kier alpha value is -3.03. The third-order valence-electron chi connectivity index (χ3n) is 4.19. The molecular weight excluding hydrogens is 423 g/mol. The highest BCUT2D eigenvalue weighted by Gasteiger charge is 2.28. The van der Waals surface area contributed by atoms with Gasteiger partial charge in [-0.2, -0.15) is 5.10 Å². The third kappa shape index (κ3) is 3.54. The molecule has 0 spiro atoms. The van der Waals surface area contributed by atoms with Crippen molar-refractivity contribution in [3.05, 3.63) is 86.8 Å². The van der Waals surface area contributed by atoms with E-state index in [-0.39, 0.29) is 27.3 Å². The highest BCUT2D eigenvalue weighted by Crippen LogP contribution is 2.29. The molecule has 5 nitrogen and oxygen atoms in total. The van der Waals surface area contributed by atoms with Gasteiger partial charge in [-0.15, -0.1) is 0 Å². The van der Waals surface area contributed by atoms with Gasteiger partial charge in [-0.25, -0.2) is 23.2 Å². The van der Waals surface area contributed by atoms with E-state index in [1.807, 2.05) is 30.3 Å². The van der Waals surface area contributed by atoms with Gasteiger partial charge in [-0.05, 0) is 37.3 Å². The number of esters is 1. The topological polar surface area (TPSA) is 56.5 Å². The van der Waals surface area contributed by atoms with Crippen LogP contribution in [0.25, 0.3) is 11.8 Å². The number of para-hydroxylation sites is 1. The van der Waals surface area contributed by atoms with Crippen LogP contribution in [0.5, 0.6) is 0 Å². The average Bonchev–Trinajstić information content (AvgIpc) is 3.20. The predicted molar refractivity (Wildman–Crippen MR) is 105 cm³/mol. The van der Waals surface area contributed by atoms with Gasteiger partial charge in [-0.3, -0.25) is 0 Å². The molecule has 9 heteroatoms. The molecule has 3 aromatic rings. The largest absolute Gasteiger partial charge is 0.402 e. The van der Waals surface area contributed by atoms with Crippen molar-refractivity contribution >= 4 is 41.1 Å². The molecule has 0 aliphatic carbocycles. The maximum atomic E-state index is 13.6. The Morgan fingerprint density at radius 3 is 2.52 bits per heavy atom. The average molecular weight is 434 g/mol. The number of rotatable bonds is 3. The smallest absolute Gasteiger partial charge is 0.363 e. The van der Waals surface area contributed by atoms with Crippen LogP contribution >= 0.6 is 23.2 Å². The van der Waals surface area contributed by atoms with Gasteiger partial charge in [0, 0.05) is 5.56 Å². The molecule has 0 saturated carbocycles. The van der Waals surface area contributed by atoms with Crippen molar-refractivity contribution in [2.45, 2.75) is 6.92 Å². The lowest BCUT2D eigenvalue weighted by atomic mass is 10.2. The van der Waals surface area contributed by atoms with Crippen LogP contribution in [0.2, 0.25) is 10.2 Å². The fourth-order valence-corrected chi connectivity index (χ4v) is 3.32. The van der Waals surface area contributed by atoms with E-state index in [4.69, 9.17) is 27.9 Å². The first kappa shape index (κ1) is 19.3. The maximum absolute atomic E-state index is 13.6. The van der Waals surface area contributed by atoms with Gasteiger partial charge in [0.15, 0.2) is 17.3 Å². The lowest BCUT2D eigenvalue weighted by molar-refractivity contribution is -0.129. The summed E-state index contributed by atoms with van der Waals surface area (Å²) in [6.07, 6.45) is 1.42. The molecule has 0 amide bonds. The Morgan fingerprint density at radius 1 is 1.10 bits per heavy atom. The number of aryl methyl sites for hydroxylation is 1. The molecule has 2 aromatic carbocycles. The van der Waals surface area contributed by atoms with E-state index in [0.717, 1.165) is 17.8 Å². The minimum absolute atomic E-state index is 0.0369. The van der Waals surface area contributed by atoms with E-state index >= 15 is 0 Å². The van der Waals surface area contributed by atoms with Crippen LogP contribution in [0.1, 0.15) is 16.8 Å². The Kier molecular flexibility index (Phi) is 4.94. The molecule has 1 aliphatic heterocycles. The minimum Gasteiger partial charge on any atom is -0.402 e. The molecular formula is C20H11Cl2F2N3O2. The Morgan fingerprint density at radius 2 is 1.79 bits per heavy atom. The number of carbonyl (C=O) groups excluding carboxylic acids is 1. The molecule has 0 saturated heterocycles. The van der Waals surface area contributed by atoms with Gasteiger partial charge in [0.2, 0.25) is 5.90 Å². The first-order valence-electron chi connectivity index (χ1n) is 8.33. The van der Waals surface area contributed by atoms with Gasteiger partial charge >= 0.3 is 5.97 Å².